The second-order valence-electron chi connectivity index (χ2n) is 8.98. The highest BCUT2D eigenvalue weighted by Gasteiger charge is 2.18. The molecule has 1 aliphatic rings. The third-order valence-electron chi connectivity index (χ3n) is 6.65. The average Bonchev–Trinajstić information content (AvgIpc) is 3.21. The zero-order chi connectivity index (χ0) is 27.1. The molecule has 206 valence electrons. The predicted molar refractivity (Wildman–Crippen MR) is 158 cm³/mol. The summed E-state index contributed by atoms with van der Waals surface area (Å²) < 4.78 is 5.13. The highest BCUT2D eigenvalue weighted by atomic mass is 35.5. The van der Waals surface area contributed by atoms with Gasteiger partial charge in [0.05, 0.1) is 18.6 Å². The maximum atomic E-state index is 13.1. The number of aromatic hydroxyl groups is 1. The number of hydrogen-bond donors (Lipinski definition) is 3. The van der Waals surface area contributed by atoms with Crippen LogP contribution < -0.4 is 20.3 Å². The maximum absolute atomic E-state index is 13.1. The van der Waals surface area contributed by atoms with Gasteiger partial charge in [0.1, 0.15) is 17.2 Å². The number of phenols is 1. The zero-order valence-corrected chi connectivity index (χ0v) is 23.1. The number of benzene rings is 3. The van der Waals surface area contributed by atoms with E-state index >= 15 is 0 Å². The molecule has 0 unspecified atom stereocenters. The lowest BCUT2D eigenvalue weighted by Crippen LogP contribution is -2.33. The summed E-state index contributed by atoms with van der Waals surface area (Å²) in [7, 11) is 3.37. The zero-order valence-electron chi connectivity index (χ0n) is 22.3. The number of methoxy groups -OCH3 is 1. The fourth-order valence-electron chi connectivity index (χ4n) is 4.36. The van der Waals surface area contributed by atoms with E-state index < -0.39 is 5.91 Å². The Morgan fingerprint density at radius 2 is 1.51 bits per heavy atom. The summed E-state index contributed by atoms with van der Waals surface area (Å²) in [5, 5.41) is 16.0. The Balaban J connectivity index is 0.00000420. The molecule has 3 N–H and O–H groups in total. The summed E-state index contributed by atoms with van der Waals surface area (Å²) in [6.45, 7) is 5.69. The Kier molecular flexibility index (Phi) is 10.2. The van der Waals surface area contributed by atoms with E-state index in [1.165, 1.54) is 6.07 Å². The molecule has 9 nitrogen and oxygen atoms in total. The molecule has 0 bridgehead atoms. The van der Waals surface area contributed by atoms with Crippen LogP contribution in [0.15, 0.2) is 71.7 Å². The number of carbonyl (C=O) groups excluding carboxylic acids is 2. The Labute approximate surface area is 234 Å². The Morgan fingerprint density at radius 1 is 0.872 bits per heavy atom. The van der Waals surface area contributed by atoms with Crippen molar-refractivity contribution in [2.75, 3.05) is 55.9 Å². The van der Waals surface area contributed by atoms with Crippen LogP contribution in [0.5, 0.6) is 11.5 Å². The number of carbonyl (C=O) groups is 2. The van der Waals surface area contributed by atoms with Gasteiger partial charge in [0.2, 0.25) is 0 Å². The molecule has 0 atom stereocenters. The monoisotopic (exact) mass is 551 g/mol. The van der Waals surface area contributed by atoms with Crippen LogP contribution in [0.1, 0.15) is 34.1 Å². The number of amides is 2. The van der Waals surface area contributed by atoms with Crippen molar-refractivity contribution < 1.29 is 19.4 Å². The third-order valence-corrected chi connectivity index (χ3v) is 6.65. The number of para-hydroxylation sites is 1. The van der Waals surface area contributed by atoms with E-state index in [2.05, 4.69) is 25.4 Å². The fraction of sp³-hybridized carbons (Fsp3) is 0.276. The molecule has 1 saturated heterocycles. The number of anilines is 3. The molecular weight excluding hydrogens is 518 g/mol. The molecule has 2 amide bonds. The fourth-order valence-corrected chi connectivity index (χ4v) is 4.36. The quantitative estimate of drug-likeness (QED) is 0.229. The van der Waals surface area contributed by atoms with Gasteiger partial charge in [0, 0.05) is 50.0 Å². The van der Waals surface area contributed by atoms with E-state index in [-0.39, 0.29) is 35.4 Å². The average molecular weight is 552 g/mol. The molecule has 0 aliphatic carbocycles. The van der Waals surface area contributed by atoms with Crippen molar-refractivity contribution in [1.29, 1.82) is 0 Å². The number of hydrogen-bond acceptors (Lipinski definition) is 6. The number of nitrogens with one attached hydrogen (secondary N) is 2. The minimum Gasteiger partial charge on any atom is -0.506 e. The highest BCUT2D eigenvalue weighted by Crippen LogP contribution is 2.32. The normalized spacial score (nSPS) is 13.7. The molecule has 3 aromatic rings. The van der Waals surface area contributed by atoms with Crippen molar-refractivity contribution in [3.8, 4) is 11.5 Å². The van der Waals surface area contributed by atoms with Crippen LogP contribution >= 0.6 is 12.4 Å². The number of phenolic OH excluding ortho intramolecular Hbond substituents is 1. The van der Waals surface area contributed by atoms with Crippen molar-refractivity contribution in [2.24, 2.45) is 4.99 Å². The molecule has 1 aliphatic heterocycles. The summed E-state index contributed by atoms with van der Waals surface area (Å²) >= 11 is 0. The number of nitrogens with zero attached hydrogens (tertiary/aromatic N) is 3. The van der Waals surface area contributed by atoms with Gasteiger partial charge in [-0.05, 0) is 74.0 Å². The molecule has 3 aromatic carbocycles. The van der Waals surface area contributed by atoms with Crippen molar-refractivity contribution in [3.05, 3.63) is 77.9 Å². The second kappa shape index (κ2) is 13.5. The molecule has 0 saturated carbocycles. The summed E-state index contributed by atoms with van der Waals surface area (Å²) in [6.07, 6.45) is 1.02. The van der Waals surface area contributed by atoms with E-state index in [1.807, 2.05) is 26.1 Å². The number of aliphatic imine (C=N–C) groups is 1. The first-order valence-electron chi connectivity index (χ1n) is 12.5. The van der Waals surface area contributed by atoms with Crippen molar-refractivity contribution in [2.45, 2.75) is 13.3 Å². The first kappa shape index (κ1) is 29.3. The first-order chi connectivity index (χ1) is 18.4. The second-order valence-corrected chi connectivity index (χ2v) is 8.98. The Hall–Kier alpha value is -4.24. The lowest BCUT2D eigenvalue weighted by molar-refractivity contribution is 0.101. The van der Waals surface area contributed by atoms with Crippen molar-refractivity contribution >= 4 is 47.1 Å². The van der Waals surface area contributed by atoms with Gasteiger partial charge >= 0.3 is 0 Å². The number of amidine groups is 1. The molecule has 1 heterocycles. The summed E-state index contributed by atoms with van der Waals surface area (Å²) in [6, 6.07) is 18.7. The highest BCUT2D eigenvalue weighted by molar-refractivity contribution is 6.11. The maximum Gasteiger partial charge on any atom is 0.255 e. The molecule has 0 aromatic heterocycles. The third kappa shape index (κ3) is 7.20. The molecular formula is C29H34ClN5O4. The van der Waals surface area contributed by atoms with Crippen molar-refractivity contribution in [3.63, 3.8) is 0 Å². The number of rotatable bonds is 6. The standard InChI is InChI=1S/C29H33N5O4.ClH/c1-20(30-2)33-16-5-17-34(19-18-33)23-12-8-21(9-13-23)29(37)32-27-25(6-4-7-26(27)35)31-28(36)22-10-14-24(38-3)15-11-22;/h4,6-15,35H,5,16-19H2,1-3H3,(H,31,36)(H,32,37);1H. The molecule has 0 spiro atoms. The summed E-state index contributed by atoms with van der Waals surface area (Å²) in [5.41, 5.74) is 2.31. The Morgan fingerprint density at radius 3 is 2.15 bits per heavy atom. The number of ether oxygens (including phenoxy) is 1. The van der Waals surface area contributed by atoms with E-state index in [0.29, 0.717) is 16.9 Å². The van der Waals surface area contributed by atoms with Crippen molar-refractivity contribution in [1.82, 2.24) is 4.90 Å². The van der Waals surface area contributed by atoms with E-state index in [4.69, 9.17) is 4.74 Å². The Bertz CT molecular complexity index is 1310. The lowest BCUT2D eigenvalue weighted by atomic mass is 10.1. The van der Waals surface area contributed by atoms with Gasteiger partial charge in [-0.15, -0.1) is 12.4 Å². The summed E-state index contributed by atoms with van der Waals surface area (Å²) in [5.74, 6) is 0.756. The smallest absolute Gasteiger partial charge is 0.255 e. The molecule has 0 radical (unpaired) electrons. The van der Waals surface area contributed by atoms with Crippen LogP contribution in [-0.2, 0) is 0 Å². The molecule has 1 fully saturated rings. The van der Waals surface area contributed by atoms with E-state index in [0.717, 1.165) is 44.1 Å². The molecule has 10 heteroatoms. The van der Waals surface area contributed by atoms with Gasteiger partial charge in [-0.25, -0.2) is 0 Å². The van der Waals surface area contributed by atoms with Gasteiger partial charge in [0.25, 0.3) is 11.8 Å². The van der Waals surface area contributed by atoms with E-state index in [9.17, 15) is 14.7 Å². The van der Waals surface area contributed by atoms with Crippen LogP contribution in [0.25, 0.3) is 0 Å². The minimum absolute atomic E-state index is 0. The molecule has 39 heavy (non-hydrogen) atoms. The van der Waals surface area contributed by atoms with Crippen LogP contribution in [0.2, 0.25) is 0 Å². The van der Waals surface area contributed by atoms with Crippen LogP contribution in [0.3, 0.4) is 0 Å². The number of halogens is 1. The van der Waals surface area contributed by atoms with Gasteiger partial charge in [-0.1, -0.05) is 6.07 Å². The topological polar surface area (TPSA) is 107 Å². The molecule has 4 rings (SSSR count). The van der Waals surface area contributed by atoms with Gasteiger partial charge < -0.3 is 30.3 Å². The SMILES string of the molecule is CN=C(C)N1CCCN(c2ccc(C(=O)Nc3c(O)cccc3NC(=O)c3ccc(OC)cc3)cc2)CC1.Cl. The van der Waals surface area contributed by atoms with E-state index in [1.54, 1.807) is 55.6 Å². The summed E-state index contributed by atoms with van der Waals surface area (Å²) in [4.78, 5) is 34.7. The van der Waals surface area contributed by atoms with Gasteiger partial charge in [0.15, 0.2) is 0 Å². The van der Waals surface area contributed by atoms with Crippen LogP contribution in [-0.4, -0.2) is 68.0 Å². The minimum atomic E-state index is -0.394. The predicted octanol–water partition coefficient (Wildman–Crippen LogP) is 4.89. The van der Waals surface area contributed by atoms with Gasteiger partial charge in [-0.2, -0.15) is 0 Å². The largest absolute Gasteiger partial charge is 0.506 e. The lowest BCUT2D eigenvalue weighted by Gasteiger charge is -2.24. The first-order valence-corrected chi connectivity index (χ1v) is 12.5. The van der Waals surface area contributed by atoms with Crippen LogP contribution in [0, 0.1) is 0 Å². The van der Waals surface area contributed by atoms with Crippen LogP contribution in [0.4, 0.5) is 17.1 Å². The van der Waals surface area contributed by atoms with Gasteiger partial charge in [-0.3, -0.25) is 14.6 Å².